The fraction of sp³-hybridized carbons (Fsp3) is 0.208. The Morgan fingerprint density at radius 2 is 1.35 bits per heavy atom. The van der Waals surface area contributed by atoms with Gasteiger partial charge in [-0.25, -0.2) is 9.97 Å². The molecule has 10 nitrogen and oxygen atoms in total. The molecule has 0 aliphatic rings. The van der Waals surface area contributed by atoms with Crippen LogP contribution in [0.25, 0.3) is 10.9 Å². The van der Waals surface area contributed by atoms with Crippen molar-refractivity contribution in [3.8, 4) is 28.7 Å². The van der Waals surface area contributed by atoms with Crippen LogP contribution in [0, 0.1) is 0 Å². The summed E-state index contributed by atoms with van der Waals surface area (Å²) >= 11 is 0. The van der Waals surface area contributed by atoms with Crippen LogP contribution in [0.4, 0.5) is 23.3 Å². The van der Waals surface area contributed by atoms with Gasteiger partial charge in [0, 0.05) is 35.5 Å². The summed E-state index contributed by atoms with van der Waals surface area (Å²) in [5.41, 5.74) is 1.31. The van der Waals surface area contributed by atoms with Crippen molar-refractivity contribution in [3.63, 3.8) is 0 Å². The third-order valence-electron chi connectivity index (χ3n) is 5.03. The quantitative estimate of drug-likeness (QED) is 0.367. The number of nitrogens with zero attached hydrogens (tertiary/aromatic N) is 3. The van der Waals surface area contributed by atoms with Gasteiger partial charge in [-0.2, -0.15) is 4.98 Å². The van der Waals surface area contributed by atoms with Gasteiger partial charge in [0.25, 0.3) is 0 Å². The number of rotatable bonds is 9. The average molecular weight is 463 g/mol. The van der Waals surface area contributed by atoms with Crippen molar-refractivity contribution in [1.82, 2.24) is 15.0 Å². The Morgan fingerprint density at radius 1 is 0.676 bits per heavy atom. The molecular weight excluding hydrogens is 438 g/mol. The van der Waals surface area contributed by atoms with E-state index in [1.807, 2.05) is 24.3 Å². The lowest BCUT2D eigenvalue weighted by Crippen LogP contribution is -2.04. The second-order valence-electron chi connectivity index (χ2n) is 7.00. The minimum Gasteiger partial charge on any atom is -0.493 e. The lowest BCUT2D eigenvalue weighted by Gasteiger charge is -2.17. The molecule has 4 rings (SSSR count). The van der Waals surface area contributed by atoms with E-state index in [4.69, 9.17) is 28.7 Å². The number of aromatic nitrogens is 3. The van der Waals surface area contributed by atoms with Gasteiger partial charge >= 0.3 is 0 Å². The first-order valence-corrected chi connectivity index (χ1v) is 10.3. The molecule has 2 heterocycles. The molecule has 0 saturated heterocycles. The van der Waals surface area contributed by atoms with E-state index in [9.17, 15) is 0 Å². The number of methoxy groups -OCH3 is 5. The number of fused-ring (bicyclic) bond motifs is 1. The van der Waals surface area contributed by atoms with Crippen molar-refractivity contribution in [2.24, 2.45) is 0 Å². The Hall–Kier alpha value is -4.47. The van der Waals surface area contributed by atoms with Gasteiger partial charge in [-0.05, 0) is 18.2 Å². The molecule has 0 aliphatic heterocycles. The molecule has 0 unspecified atom stereocenters. The van der Waals surface area contributed by atoms with E-state index in [0.29, 0.717) is 57.5 Å². The molecule has 0 fully saturated rings. The van der Waals surface area contributed by atoms with Crippen molar-refractivity contribution < 1.29 is 23.7 Å². The highest BCUT2D eigenvalue weighted by Gasteiger charge is 2.17. The molecule has 34 heavy (non-hydrogen) atoms. The molecule has 2 aromatic carbocycles. The van der Waals surface area contributed by atoms with Gasteiger partial charge < -0.3 is 34.3 Å². The standard InChI is InChI=1S/C24H25N5O5/c1-30-17-12-15-16(13-18(17)31-2)27-24(28-21-8-6-7-9-25-21)29-23(15)26-14-10-19(32-3)22(34-5)20(11-14)33-4/h6-13H,1-5H3,(H2,25,26,27,28,29). The summed E-state index contributed by atoms with van der Waals surface area (Å²) in [7, 11) is 7.84. The summed E-state index contributed by atoms with van der Waals surface area (Å²) in [6, 6.07) is 12.7. The highest BCUT2D eigenvalue weighted by molar-refractivity contribution is 5.94. The van der Waals surface area contributed by atoms with Gasteiger partial charge in [0.1, 0.15) is 11.6 Å². The smallest absolute Gasteiger partial charge is 0.230 e. The maximum absolute atomic E-state index is 5.49. The predicted molar refractivity (Wildman–Crippen MR) is 130 cm³/mol. The summed E-state index contributed by atoms with van der Waals surface area (Å²) in [6.45, 7) is 0. The van der Waals surface area contributed by atoms with Crippen LogP contribution in [0.2, 0.25) is 0 Å². The molecule has 0 aliphatic carbocycles. The number of nitrogens with one attached hydrogen (secondary N) is 2. The summed E-state index contributed by atoms with van der Waals surface area (Å²) in [5.74, 6) is 4.11. The molecule has 10 heteroatoms. The molecule has 0 spiro atoms. The second kappa shape index (κ2) is 9.99. The van der Waals surface area contributed by atoms with Gasteiger partial charge in [-0.3, -0.25) is 0 Å². The van der Waals surface area contributed by atoms with Crippen LogP contribution in [0.3, 0.4) is 0 Å². The van der Waals surface area contributed by atoms with Crippen LogP contribution < -0.4 is 34.3 Å². The van der Waals surface area contributed by atoms with Crippen molar-refractivity contribution in [3.05, 3.63) is 48.7 Å². The van der Waals surface area contributed by atoms with E-state index < -0.39 is 0 Å². The summed E-state index contributed by atoms with van der Waals surface area (Å²) in [4.78, 5) is 13.6. The zero-order valence-electron chi connectivity index (χ0n) is 19.5. The zero-order chi connectivity index (χ0) is 24.1. The SMILES string of the molecule is COc1cc2nc(Nc3ccccn3)nc(Nc3cc(OC)c(OC)c(OC)c3)c2cc1OC. The summed E-state index contributed by atoms with van der Waals surface area (Å²) in [5, 5.41) is 7.20. The highest BCUT2D eigenvalue weighted by Crippen LogP contribution is 2.42. The average Bonchev–Trinajstić information content (AvgIpc) is 2.87. The molecule has 0 atom stereocenters. The van der Waals surface area contributed by atoms with Crippen molar-refractivity contribution in [2.45, 2.75) is 0 Å². The first kappa shape index (κ1) is 22.7. The van der Waals surface area contributed by atoms with Gasteiger partial charge in [0.15, 0.2) is 23.0 Å². The van der Waals surface area contributed by atoms with Crippen LogP contribution in [-0.2, 0) is 0 Å². The first-order chi connectivity index (χ1) is 16.6. The van der Waals surface area contributed by atoms with Gasteiger partial charge in [-0.1, -0.05) is 6.07 Å². The maximum Gasteiger partial charge on any atom is 0.230 e. The second-order valence-corrected chi connectivity index (χ2v) is 7.00. The third kappa shape index (κ3) is 4.51. The Labute approximate surface area is 196 Å². The number of anilines is 4. The van der Waals surface area contributed by atoms with E-state index >= 15 is 0 Å². The Bertz CT molecular complexity index is 1280. The Balaban J connectivity index is 1.85. The topological polar surface area (TPSA) is 109 Å². The van der Waals surface area contributed by atoms with Gasteiger partial charge in [0.2, 0.25) is 11.7 Å². The molecule has 176 valence electrons. The lowest BCUT2D eigenvalue weighted by molar-refractivity contribution is 0.324. The maximum atomic E-state index is 5.49. The van der Waals surface area contributed by atoms with E-state index in [2.05, 4.69) is 20.6 Å². The van der Waals surface area contributed by atoms with Gasteiger partial charge in [-0.15, -0.1) is 0 Å². The van der Waals surface area contributed by atoms with Crippen LogP contribution >= 0.6 is 0 Å². The minimum atomic E-state index is 0.355. The highest BCUT2D eigenvalue weighted by atomic mass is 16.5. The molecule has 2 N–H and O–H groups in total. The lowest BCUT2D eigenvalue weighted by atomic mass is 10.2. The molecule has 0 amide bonds. The van der Waals surface area contributed by atoms with Crippen LogP contribution in [-0.4, -0.2) is 50.5 Å². The third-order valence-corrected chi connectivity index (χ3v) is 5.03. The first-order valence-electron chi connectivity index (χ1n) is 10.3. The fourth-order valence-electron chi connectivity index (χ4n) is 3.45. The molecule has 2 aromatic heterocycles. The van der Waals surface area contributed by atoms with Crippen LogP contribution in [0.15, 0.2) is 48.7 Å². The number of ether oxygens (including phenoxy) is 5. The van der Waals surface area contributed by atoms with Crippen molar-refractivity contribution >= 4 is 34.2 Å². The molecule has 0 bridgehead atoms. The Morgan fingerprint density at radius 3 is 1.94 bits per heavy atom. The van der Waals surface area contributed by atoms with Crippen molar-refractivity contribution in [1.29, 1.82) is 0 Å². The van der Waals surface area contributed by atoms with E-state index in [1.165, 1.54) is 0 Å². The molecule has 4 aromatic rings. The number of benzene rings is 2. The normalized spacial score (nSPS) is 10.5. The number of pyridine rings is 1. The monoisotopic (exact) mass is 463 g/mol. The van der Waals surface area contributed by atoms with E-state index in [1.54, 1.807) is 59.9 Å². The number of hydrogen-bond donors (Lipinski definition) is 2. The predicted octanol–water partition coefficient (Wildman–Crippen LogP) is 4.56. The molecule has 0 radical (unpaired) electrons. The van der Waals surface area contributed by atoms with Crippen LogP contribution in [0.5, 0.6) is 28.7 Å². The van der Waals surface area contributed by atoms with Crippen molar-refractivity contribution in [2.75, 3.05) is 46.2 Å². The summed E-state index contributed by atoms with van der Waals surface area (Å²) in [6.07, 6.45) is 1.69. The largest absolute Gasteiger partial charge is 0.493 e. The van der Waals surface area contributed by atoms with E-state index in [0.717, 1.165) is 5.39 Å². The Kier molecular flexibility index (Phi) is 6.67. The van der Waals surface area contributed by atoms with Crippen LogP contribution in [0.1, 0.15) is 0 Å². The van der Waals surface area contributed by atoms with Gasteiger partial charge in [0.05, 0.1) is 41.1 Å². The zero-order valence-corrected chi connectivity index (χ0v) is 19.5. The summed E-state index contributed by atoms with van der Waals surface area (Å²) < 4.78 is 27.3. The minimum absolute atomic E-state index is 0.355. The number of hydrogen-bond acceptors (Lipinski definition) is 10. The molecular formula is C24H25N5O5. The fourth-order valence-corrected chi connectivity index (χ4v) is 3.45. The van der Waals surface area contributed by atoms with E-state index in [-0.39, 0.29) is 0 Å². The molecule has 0 saturated carbocycles.